The van der Waals surface area contributed by atoms with Crippen LogP contribution in [0.15, 0.2) is 12.1 Å². The van der Waals surface area contributed by atoms with Gasteiger partial charge < -0.3 is 20.3 Å². The van der Waals surface area contributed by atoms with Crippen molar-refractivity contribution in [3.8, 4) is 5.75 Å². The van der Waals surface area contributed by atoms with Crippen molar-refractivity contribution in [2.45, 2.75) is 97.4 Å². The number of carbonyl (C=O) groups is 4. The van der Waals surface area contributed by atoms with Gasteiger partial charge in [-0.2, -0.15) is 0 Å². The minimum Gasteiger partial charge on any atom is -0.481 e. The van der Waals surface area contributed by atoms with Crippen LogP contribution in [-0.4, -0.2) is 40.1 Å². The van der Waals surface area contributed by atoms with Gasteiger partial charge in [0.25, 0.3) is 0 Å². The molecule has 3 N–H and O–H groups in total. The summed E-state index contributed by atoms with van der Waals surface area (Å²) in [4.78, 5) is 47.0. The highest BCUT2D eigenvalue weighted by molar-refractivity contribution is 6.02. The largest absolute Gasteiger partial charge is 0.481 e. The summed E-state index contributed by atoms with van der Waals surface area (Å²) in [6, 6.07) is 1.73. The normalized spacial score (nSPS) is 30.3. The van der Waals surface area contributed by atoms with Gasteiger partial charge in [0, 0.05) is 6.42 Å². The molecule has 0 heterocycles. The fourth-order valence-electron chi connectivity index (χ4n) is 8.34. The van der Waals surface area contributed by atoms with Crippen molar-refractivity contribution in [1.29, 1.82) is 0 Å². The van der Waals surface area contributed by atoms with Gasteiger partial charge in [0.2, 0.25) is 11.9 Å². The van der Waals surface area contributed by atoms with Crippen LogP contribution in [-0.2, 0) is 31.0 Å². The first-order valence-electron chi connectivity index (χ1n) is 13.3. The summed E-state index contributed by atoms with van der Waals surface area (Å²) in [5.74, 6) is -3.29. The average Bonchev–Trinajstić information content (AvgIpc) is 3.09. The standard InChI is InChI=1S/C29H39NO7/c1-16-13-18(37-26(36)24(25(34)35)30-21(31)7-8-22(32)33)14-17-15-20-28(4)11-6-10-27(2,3)19(28)9-12-29(20,5)23(16)17/h13-14,19-20,24H,6-12,15H2,1-5H3,(H,30,31)(H,32,33)(H,34,35)/t19-,20+,24?,28-,29+/m0/s1. The number of esters is 1. The predicted octanol–water partition coefficient (Wildman–Crippen LogP) is 4.39. The summed E-state index contributed by atoms with van der Waals surface area (Å²) in [6.45, 7) is 11.7. The van der Waals surface area contributed by atoms with Crippen LogP contribution < -0.4 is 10.1 Å². The lowest BCUT2D eigenvalue weighted by Crippen LogP contribution is -2.55. The molecule has 0 aromatic heterocycles. The van der Waals surface area contributed by atoms with E-state index in [0.29, 0.717) is 17.3 Å². The third kappa shape index (κ3) is 4.75. The van der Waals surface area contributed by atoms with Crippen LogP contribution in [0.4, 0.5) is 0 Å². The summed E-state index contributed by atoms with van der Waals surface area (Å²) in [5, 5.41) is 20.3. The van der Waals surface area contributed by atoms with Crippen molar-refractivity contribution in [2.75, 3.05) is 0 Å². The number of rotatable bonds is 7. The zero-order valence-corrected chi connectivity index (χ0v) is 22.5. The highest BCUT2D eigenvalue weighted by Crippen LogP contribution is 2.67. The molecule has 0 spiro atoms. The number of ether oxygens (including phenoxy) is 1. The van der Waals surface area contributed by atoms with Crippen molar-refractivity contribution in [1.82, 2.24) is 5.32 Å². The number of hydrogen-bond donors (Lipinski definition) is 3. The zero-order chi connectivity index (χ0) is 27.3. The Morgan fingerprint density at radius 2 is 1.73 bits per heavy atom. The molecule has 8 heteroatoms. The third-order valence-corrected chi connectivity index (χ3v) is 9.75. The van der Waals surface area contributed by atoms with E-state index in [-0.39, 0.29) is 16.6 Å². The molecule has 2 saturated carbocycles. The minimum atomic E-state index is -1.92. The van der Waals surface area contributed by atoms with E-state index in [2.05, 4.69) is 33.0 Å². The monoisotopic (exact) mass is 513 g/mol. The van der Waals surface area contributed by atoms with Gasteiger partial charge >= 0.3 is 17.9 Å². The lowest BCUT2D eigenvalue weighted by atomic mass is 9.43. The molecule has 0 saturated heterocycles. The number of benzene rings is 1. The van der Waals surface area contributed by atoms with Gasteiger partial charge in [-0.25, -0.2) is 9.59 Å². The van der Waals surface area contributed by atoms with E-state index in [1.54, 1.807) is 6.07 Å². The molecule has 0 aliphatic heterocycles. The summed E-state index contributed by atoms with van der Waals surface area (Å²) in [5.41, 5.74) is 4.10. The van der Waals surface area contributed by atoms with E-state index in [1.807, 2.05) is 13.0 Å². The molecule has 1 aromatic rings. The Morgan fingerprint density at radius 3 is 2.38 bits per heavy atom. The average molecular weight is 514 g/mol. The van der Waals surface area contributed by atoms with E-state index in [9.17, 15) is 24.3 Å². The van der Waals surface area contributed by atoms with Crippen molar-refractivity contribution in [3.63, 3.8) is 0 Å². The van der Waals surface area contributed by atoms with Crippen LogP contribution in [0.5, 0.6) is 5.75 Å². The van der Waals surface area contributed by atoms with Gasteiger partial charge in [-0.05, 0) is 95.9 Å². The number of hydrogen-bond acceptors (Lipinski definition) is 5. The Morgan fingerprint density at radius 1 is 1.03 bits per heavy atom. The number of carboxylic acids is 2. The van der Waals surface area contributed by atoms with Crippen LogP contribution in [0.1, 0.15) is 89.3 Å². The second-order valence-electron chi connectivity index (χ2n) is 12.5. The highest BCUT2D eigenvalue weighted by atomic mass is 16.5. The zero-order valence-electron chi connectivity index (χ0n) is 22.5. The molecule has 3 aliphatic carbocycles. The molecule has 8 nitrogen and oxygen atoms in total. The number of carboxylic acid groups (broad SMARTS) is 2. The fraction of sp³-hybridized carbons (Fsp3) is 0.655. The van der Waals surface area contributed by atoms with Crippen molar-refractivity contribution >= 4 is 23.8 Å². The maximum Gasteiger partial charge on any atom is 0.345 e. The van der Waals surface area contributed by atoms with Gasteiger partial charge in [0.05, 0.1) is 6.42 Å². The molecule has 1 unspecified atom stereocenters. The number of fused-ring (bicyclic) bond motifs is 5. The molecule has 4 rings (SSSR count). The van der Waals surface area contributed by atoms with E-state index >= 15 is 0 Å². The number of aryl methyl sites for hydroxylation is 1. The lowest BCUT2D eigenvalue weighted by Gasteiger charge is -2.61. The van der Waals surface area contributed by atoms with Crippen LogP contribution in [0.25, 0.3) is 0 Å². The predicted molar refractivity (Wildman–Crippen MR) is 136 cm³/mol. The Balaban J connectivity index is 1.57. The van der Waals surface area contributed by atoms with Crippen LogP contribution >= 0.6 is 0 Å². The topological polar surface area (TPSA) is 130 Å². The molecule has 0 bridgehead atoms. The summed E-state index contributed by atoms with van der Waals surface area (Å²) >= 11 is 0. The van der Waals surface area contributed by atoms with E-state index in [0.717, 1.165) is 24.0 Å². The molecular formula is C29H39NO7. The highest BCUT2D eigenvalue weighted by Gasteiger charge is 2.61. The van der Waals surface area contributed by atoms with Gasteiger partial charge in [-0.1, -0.05) is 34.1 Å². The summed E-state index contributed by atoms with van der Waals surface area (Å²) < 4.78 is 5.47. The van der Waals surface area contributed by atoms with Crippen molar-refractivity contribution in [2.24, 2.45) is 22.7 Å². The molecule has 0 radical (unpaired) electrons. The molecule has 5 atom stereocenters. The Kier molecular flexibility index (Phi) is 6.93. The summed E-state index contributed by atoms with van der Waals surface area (Å²) in [6.07, 6.45) is 6.05. The molecule has 3 aliphatic rings. The second kappa shape index (κ2) is 9.44. The molecule has 1 aromatic carbocycles. The van der Waals surface area contributed by atoms with E-state index in [4.69, 9.17) is 9.84 Å². The van der Waals surface area contributed by atoms with Gasteiger partial charge in [0.1, 0.15) is 5.75 Å². The first kappa shape index (κ1) is 27.1. The number of nitrogens with one attached hydrogen (secondary N) is 1. The van der Waals surface area contributed by atoms with Crippen LogP contribution in [0.3, 0.4) is 0 Å². The second-order valence-corrected chi connectivity index (χ2v) is 12.5. The molecular weight excluding hydrogens is 474 g/mol. The van der Waals surface area contributed by atoms with Gasteiger partial charge in [-0.3, -0.25) is 9.59 Å². The molecule has 37 heavy (non-hydrogen) atoms. The quantitative estimate of drug-likeness (QED) is 0.280. The fourth-order valence-corrected chi connectivity index (χ4v) is 8.34. The maximum absolute atomic E-state index is 12.7. The van der Waals surface area contributed by atoms with E-state index in [1.165, 1.54) is 31.2 Å². The van der Waals surface area contributed by atoms with Crippen LogP contribution in [0, 0.1) is 29.6 Å². The van der Waals surface area contributed by atoms with Crippen molar-refractivity contribution < 1.29 is 34.1 Å². The first-order valence-corrected chi connectivity index (χ1v) is 13.3. The van der Waals surface area contributed by atoms with Gasteiger partial charge in [-0.15, -0.1) is 0 Å². The Hall–Kier alpha value is -2.90. The molecule has 1 amide bonds. The SMILES string of the molecule is Cc1cc(OC(=O)C(NC(=O)CCC(=O)O)C(=O)O)cc2c1[C@]1(C)CC[C@H]3C(C)(C)CCC[C@]3(C)[C@H]1C2. The lowest BCUT2D eigenvalue weighted by molar-refractivity contribution is -0.151. The van der Waals surface area contributed by atoms with Crippen LogP contribution in [0.2, 0.25) is 0 Å². The Labute approximate surface area is 218 Å². The molecule has 202 valence electrons. The smallest absolute Gasteiger partial charge is 0.345 e. The first-order chi connectivity index (χ1) is 17.2. The summed E-state index contributed by atoms with van der Waals surface area (Å²) in [7, 11) is 0. The van der Waals surface area contributed by atoms with Crippen molar-refractivity contribution in [3.05, 3.63) is 28.8 Å². The number of carbonyl (C=O) groups excluding carboxylic acids is 2. The number of aliphatic carboxylic acids is 2. The maximum atomic E-state index is 12.7. The third-order valence-electron chi connectivity index (χ3n) is 9.75. The van der Waals surface area contributed by atoms with E-state index < -0.39 is 42.7 Å². The number of amides is 1. The minimum absolute atomic E-state index is 0.0440. The Bertz CT molecular complexity index is 1140. The molecule has 2 fully saturated rings. The van der Waals surface area contributed by atoms with Gasteiger partial charge in [0.15, 0.2) is 0 Å².